The van der Waals surface area contributed by atoms with Gasteiger partial charge in [0.15, 0.2) is 0 Å². The minimum absolute atomic E-state index is 0.00693. The summed E-state index contributed by atoms with van der Waals surface area (Å²) in [5, 5.41) is 21.8. The van der Waals surface area contributed by atoms with E-state index in [0.717, 1.165) is 35.5 Å². The Morgan fingerprint density at radius 1 is 1.09 bits per heavy atom. The molecular weight excluding hydrogens is 591 g/mol. The van der Waals surface area contributed by atoms with Gasteiger partial charge in [0.05, 0.1) is 23.1 Å². The third-order valence-electron chi connectivity index (χ3n) is 7.39. The van der Waals surface area contributed by atoms with Gasteiger partial charge in [0, 0.05) is 30.6 Å². The van der Waals surface area contributed by atoms with Gasteiger partial charge < -0.3 is 19.8 Å². The Morgan fingerprint density at radius 3 is 2.33 bits per heavy atom. The van der Waals surface area contributed by atoms with Crippen molar-refractivity contribution in [1.29, 1.82) is 0 Å². The Morgan fingerprint density at radius 2 is 1.77 bits per heavy atom. The molecule has 0 saturated heterocycles. The maximum atomic E-state index is 13.6. The molecule has 1 heterocycles. The fourth-order valence-corrected chi connectivity index (χ4v) is 6.10. The van der Waals surface area contributed by atoms with E-state index in [-0.39, 0.29) is 47.0 Å². The van der Waals surface area contributed by atoms with E-state index in [2.05, 4.69) is 5.32 Å². The molecule has 0 atom stereocenters. The van der Waals surface area contributed by atoms with Crippen molar-refractivity contribution in [3.05, 3.63) is 82.7 Å². The number of benzene rings is 3. The van der Waals surface area contributed by atoms with Crippen LogP contribution in [0.4, 0.5) is 23.2 Å². The van der Waals surface area contributed by atoms with E-state index in [1.54, 1.807) is 6.07 Å². The molecular formula is C29H27BF4N2O6S. The van der Waals surface area contributed by atoms with Gasteiger partial charge in [-0.2, -0.15) is 13.2 Å². The van der Waals surface area contributed by atoms with Crippen LogP contribution in [-0.2, 0) is 22.6 Å². The molecule has 5 rings (SSSR count). The topological polar surface area (TPSA) is 120 Å². The number of carbonyl (C=O) groups is 1. The number of hydrogen-bond acceptors (Lipinski definition) is 6. The maximum absolute atomic E-state index is 13.6. The summed E-state index contributed by atoms with van der Waals surface area (Å²) in [4.78, 5) is 13.0. The Hall–Kier alpha value is -3.88. The molecule has 0 spiro atoms. The van der Waals surface area contributed by atoms with Crippen LogP contribution in [0.3, 0.4) is 0 Å². The molecule has 0 bridgehead atoms. The summed E-state index contributed by atoms with van der Waals surface area (Å²) in [6, 6.07) is 11.6. The fourth-order valence-electron chi connectivity index (χ4n) is 5.17. The number of hydrogen-bond donors (Lipinski definition) is 3. The quantitative estimate of drug-likeness (QED) is 0.191. The molecule has 3 aromatic carbocycles. The summed E-state index contributed by atoms with van der Waals surface area (Å²) >= 11 is 0. The first kappa shape index (κ1) is 30.6. The number of halogens is 4. The van der Waals surface area contributed by atoms with Gasteiger partial charge in [-0.25, -0.2) is 12.8 Å². The van der Waals surface area contributed by atoms with E-state index >= 15 is 0 Å². The van der Waals surface area contributed by atoms with Crippen LogP contribution < -0.4 is 15.1 Å². The van der Waals surface area contributed by atoms with Crippen LogP contribution in [0.1, 0.15) is 45.8 Å². The largest absolute Gasteiger partial charge is 0.489 e. The van der Waals surface area contributed by atoms with Crippen LogP contribution in [0.5, 0.6) is 0 Å². The molecule has 4 aromatic rings. The van der Waals surface area contributed by atoms with E-state index in [4.69, 9.17) is 4.42 Å². The highest BCUT2D eigenvalue weighted by atomic mass is 32.2. The first-order chi connectivity index (χ1) is 20.2. The maximum Gasteiger partial charge on any atom is 0.489 e. The van der Waals surface area contributed by atoms with Crippen molar-refractivity contribution in [1.82, 2.24) is 5.32 Å². The molecule has 0 radical (unpaired) electrons. The van der Waals surface area contributed by atoms with Crippen molar-refractivity contribution in [3.63, 3.8) is 0 Å². The number of carbonyl (C=O) groups excluding carboxylic acids is 1. The first-order valence-corrected chi connectivity index (χ1v) is 15.2. The minimum atomic E-state index is -4.86. The van der Waals surface area contributed by atoms with Gasteiger partial charge in [-0.3, -0.25) is 9.10 Å². The van der Waals surface area contributed by atoms with Crippen LogP contribution in [0.15, 0.2) is 59.0 Å². The Balaban J connectivity index is 1.61. The van der Waals surface area contributed by atoms with Gasteiger partial charge >= 0.3 is 13.3 Å². The number of alkyl halides is 3. The summed E-state index contributed by atoms with van der Waals surface area (Å²) in [6.45, 7) is -0.226. The molecule has 1 saturated carbocycles. The second-order valence-corrected chi connectivity index (χ2v) is 12.4. The van der Waals surface area contributed by atoms with Gasteiger partial charge in [0.2, 0.25) is 10.0 Å². The lowest BCUT2D eigenvalue weighted by Crippen LogP contribution is -2.36. The smallest absolute Gasteiger partial charge is 0.455 e. The Kier molecular flexibility index (Phi) is 8.05. The number of nitrogens with zero attached hydrogens (tertiary/aromatic N) is 1. The molecule has 3 N–H and O–H groups in total. The molecule has 14 heteroatoms. The van der Waals surface area contributed by atoms with Crippen molar-refractivity contribution in [3.8, 4) is 11.3 Å². The number of furan rings is 1. The lowest BCUT2D eigenvalue weighted by molar-refractivity contribution is -0.136. The van der Waals surface area contributed by atoms with Crippen LogP contribution in [0.25, 0.3) is 22.3 Å². The van der Waals surface area contributed by atoms with Crippen LogP contribution in [-0.4, -0.2) is 51.3 Å². The molecule has 1 fully saturated rings. The number of amides is 1. The SMILES string of the molecule is CNC(=O)c1c(-c2ccc(F)cc2)oc2cc(N(CCc3ccc(B(O)O)c(C(F)(F)F)c3)S(C)(=O)=O)c(C3CC3)cc12. The highest BCUT2D eigenvalue weighted by Crippen LogP contribution is 2.48. The van der Waals surface area contributed by atoms with E-state index in [0.29, 0.717) is 16.5 Å². The third-order valence-corrected chi connectivity index (χ3v) is 8.57. The van der Waals surface area contributed by atoms with Crippen molar-refractivity contribution < 1.29 is 45.2 Å². The lowest BCUT2D eigenvalue weighted by atomic mass is 9.76. The van der Waals surface area contributed by atoms with Crippen LogP contribution in [0, 0.1) is 5.82 Å². The fraction of sp³-hybridized carbons (Fsp3) is 0.276. The minimum Gasteiger partial charge on any atom is -0.455 e. The normalized spacial score (nSPS) is 13.8. The zero-order valence-electron chi connectivity index (χ0n) is 23.1. The molecule has 1 aliphatic rings. The van der Waals surface area contributed by atoms with Gasteiger partial charge in [0.25, 0.3) is 5.91 Å². The van der Waals surface area contributed by atoms with Crippen molar-refractivity contribution in [2.45, 2.75) is 31.4 Å². The second kappa shape index (κ2) is 11.3. The van der Waals surface area contributed by atoms with E-state index in [9.17, 15) is 40.8 Å². The zero-order chi connectivity index (χ0) is 31.3. The van der Waals surface area contributed by atoms with Gasteiger partial charge in [0.1, 0.15) is 17.2 Å². The van der Waals surface area contributed by atoms with Gasteiger partial charge in [-0.05, 0) is 78.2 Å². The first-order valence-electron chi connectivity index (χ1n) is 13.3. The summed E-state index contributed by atoms with van der Waals surface area (Å²) in [5.74, 6) is -0.769. The lowest BCUT2D eigenvalue weighted by Gasteiger charge is -2.25. The predicted octanol–water partition coefficient (Wildman–Crippen LogP) is 4.18. The predicted molar refractivity (Wildman–Crippen MR) is 154 cm³/mol. The Bertz CT molecular complexity index is 1800. The number of rotatable bonds is 9. The number of fused-ring (bicyclic) bond motifs is 1. The van der Waals surface area contributed by atoms with E-state index in [1.807, 2.05) is 0 Å². The van der Waals surface area contributed by atoms with Gasteiger partial charge in [-0.15, -0.1) is 0 Å². The summed E-state index contributed by atoms with van der Waals surface area (Å²) < 4.78 is 87.8. The number of nitrogens with one attached hydrogen (secondary N) is 1. The standard InChI is InChI=1S/C29H27BF4N2O6S/c1-35-28(37)26-21-14-20(17-4-5-17)24(15-25(21)42-27(26)18-6-8-19(31)9-7-18)36(43(2,40)41)12-11-16-3-10-23(30(38)39)22(13-16)29(32,33)34/h3,6-10,13-15,17,38-39H,4-5,11-12H2,1-2H3,(H,35,37). The Labute approximate surface area is 245 Å². The van der Waals surface area contributed by atoms with E-state index in [1.165, 1.54) is 43.4 Å². The highest BCUT2D eigenvalue weighted by Gasteiger charge is 2.37. The molecule has 1 aliphatic carbocycles. The highest BCUT2D eigenvalue weighted by molar-refractivity contribution is 7.92. The van der Waals surface area contributed by atoms with Crippen molar-refractivity contribution in [2.24, 2.45) is 0 Å². The third kappa shape index (κ3) is 6.26. The van der Waals surface area contributed by atoms with E-state index < -0.39 is 46.1 Å². The summed E-state index contributed by atoms with van der Waals surface area (Å²) in [6.07, 6.45) is -2.45. The van der Waals surface area contributed by atoms with Crippen LogP contribution >= 0.6 is 0 Å². The average molecular weight is 618 g/mol. The molecule has 0 aliphatic heterocycles. The summed E-state index contributed by atoms with van der Waals surface area (Å²) in [5.41, 5.74) is -0.0412. The molecule has 8 nitrogen and oxygen atoms in total. The molecule has 0 unspecified atom stereocenters. The zero-order valence-corrected chi connectivity index (χ0v) is 23.9. The van der Waals surface area contributed by atoms with Crippen molar-refractivity contribution >= 4 is 45.2 Å². The monoisotopic (exact) mass is 618 g/mol. The van der Waals surface area contributed by atoms with Gasteiger partial charge in [-0.1, -0.05) is 12.1 Å². The van der Waals surface area contributed by atoms with Crippen LogP contribution in [0.2, 0.25) is 0 Å². The van der Waals surface area contributed by atoms with Crippen molar-refractivity contribution in [2.75, 3.05) is 24.2 Å². The molecule has 226 valence electrons. The number of anilines is 1. The molecule has 43 heavy (non-hydrogen) atoms. The average Bonchev–Trinajstić information content (AvgIpc) is 3.71. The summed E-state index contributed by atoms with van der Waals surface area (Å²) in [7, 11) is -4.84. The second-order valence-electron chi connectivity index (χ2n) is 10.5. The number of sulfonamides is 1. The molecule has 1 aromatic heterocycles. The molecule has 1 amide bonds.